The minimum absolute atomic E-state index is 0. The summed E-state index contributed by atoms with van der Waals surface area (Å²) in [6.45, 7) is 1.92. The van der Waals surface area contributed by atoms with Crippen molar-refractivity contribution in [3.63, 3.8) is 0 Å². The summed E-state index contributed by atoms with van der Waals surface area (Å²) in [5, 5.41) is -0.256. The van der Waals surface area contributed by atoms with Gasteiger partial charge in [0.1, 0.15) is 0 Å². The molecule has 0 spiro atoms. The van der Waals surface area contributed by atoms with Crippen molar-refractivity contribution < 1.29 is 28.9 Å². The molecule has 0 aromatic rings. The minimum atomic E-state index is -1.95. The van der Waals surface area contributed by atoms with Gasteiger partial charge in [-0.2, -0.15) is 4.89 Å². The molecular weight excluding hydrogens is 239 g/mol. The predicted octanol–water partition coefficient (Wildman–Crippen LogP) is 1.26. The average Bonchev–Trinajstić information content (AvgIpc) is 1.89. The summed E-state index contributed by atoms with van der Waals surface area (Å²) in [6.07, 6.45) is 5.34. The maximum Gasteiger partial charge on any atom is 0.511 e. The van der Waals surface area contributed by atoms with Crippen LogP contribution in [0.25, 0.3) is 0 Å². The quantitative estimate of drug-likeness (QED) is 0.566. The molecule has 0 amide bonds. The van der Waals surface area contributed by atoms with Gasteiger partial charge in [0.15, 0.2) is 22.5 Å². The Bertz CT molecular complexity index is 148. The molecular formula is C7H17AlO2PZn+. The van der Waals surface area contributed by atoms with Gasteiger partial charge in [-0.1, -0.05) is 6.42 Å². The summed E-state index contributed by atoms with van der Waals surface area (Å²) in [5.41, 5.74) is 0. The van der Waals surface area contributed by atoms with Crippen molar-refractivity contribution in [2.75, 3.05) is 0 Å². The van der Waals surface area contributed by atoms with E-state index in [4.69, 9.17) is 4.89 Å². The summed E-state index contributed by atoms with van der Waals surface area (Å²) >= 11 is 0. The Morgan fingerprint density at radius 3 is 1.92 bits per heavy atom. The van der Waals surface area contributed by atoms with Gasteiger partial charge in [-0.25, -0.2) is 0 Å². The summed E-state index contributed by atoms with van der Waals surface area (Å²) in [6, 6.07) is 0. The van der Waals surface area contributed by atoms with Gasteiger partial charge < -0.3 is 0 Å². The molecule has 1 aliphatic carbocycles. The zero-order valence-electron chi connectivity index (χ0n) is 7.05. The number of hydrogen-bond acceptors (Lipinski definition) is 1. The van der Waals surface area contributed by atoms with E-state index in [-0.39, 0.29) is 42.0 Å². The molecule has 1 rings (SSSR count). The minimum Gasteiger partial charge on any atom is -0.160 e. The van der Waals surface area contributed by atoms with Crippen LogP contribution in [-0.4, -0.2) is 27.4 Å². The fourth-order valence-electron chi connectivity index (χ4n) is 1.50. The normalized spacial score (nSPS) is 21.7. The monoisotopic (exact) mass is 255 g/mol. The Balaban J connectivity index is 0. The molecule has 1 fully saturated rings. The van der Waals surface area contributed by atoms with Crippen LogP contribution in [-0.2, 0) is 24.0 Å². The van der Waals surface area contributed by atoms with E-state index in [1.807, 2.05) is 6.92 Å². The van der Waals surface area contributed by atoms with E-state index in [9.17, 15) is 4.57 Å². The maximum atomic E-state index is 10.8. The van der Waals surface area contributed by atoms with Crippen LogP contribution in [0.15, 0.2) is 0 Å². The third kappa shape index (κ3) is 3.95. The third-order valence-corrected chi connectivity index (χ3v) is 3.76. The maximum absolute atomic E-state index is 10.8. The number of hydrogen-bond donors (Lipinski definition) is 1. The molecule has 2 nitrogen and oxygen atoms in total. The fraction of sp³-hybridized carbons (Fsp3) is 1.00. The number of rotatable bonds is 1. The van der Waals surface area contributed by atoms with Crippen LogP contribution in [0.1, 0.15) is 39.0 Å². The summed E-state index contributed by atoms with van der Waals surface area (Å²) in [4.78, 5) is 8.95. The first-order chi connectivity index (χ1) is 4.65. The van der Waals surface area contributed by atoms with Crippen LogP contribution < -0.4 is 0 Å². The molecule has 12 heavy (non-hydrogen) atoms. The second-order valence-corrected chi connectivity index (χ2v) is 4.96. The van der Waals surface area contributed by atoms with Crippen molar-refractivity contribution in [2.24, 2.45) is 0 Å². The van der Waals surface area contributed by atoms with Gasteiger partial charge in [-0.3, -0.25) is 0 Å². The van der Waals surface area contributed by atoms with Crippen LogP contribution in [0.3, 0.4) is 0 Å². The van der Waals surface area contributed by atoms with Crippen molar-refractivity contribution in [3.8, 4) is 0 Å². The predicted molar refractivity (Wildman–Crippen MR) is 51.3 cm³/mol. The topological polar surface area (TPSA) is 37.3 Å². The van der Waals surface area contributed by atoms with Crippen LogP contribution in [0.4, 0.5) is 0 Å². The van der Waals surface area contributed by atoms with E-state index in [2.05, 4.69) is 0 Å². The second kappa shape index (κ2) is 6.64. The van der Waals surface area contributed by atoms with Gasteiger partial charge in [0, 0.05) is 19.5 Å². The molecule has 5 heteroatoms. The average molecular weight is 257 g/mol. The van der Waals surface area contributed by atoms with E-state index < -0.39 is 8.03 Å². The summed E-state index contributed by atoms with van der Waals surface area (Å²) < 4.78 is 10.8. The zero-order valence-corrected chi connectivity index (χ0v) is 10.9. The van der Waals surface area contributed by atoms with Crippen LogP contribution in [0, 0.1) is 0 Å². The molecule has 1 aliphatic rings. The van der Waals surface area contributed by atoms with E-state index in [0.29, 0.717) is 0 Å². The first-order valence-electron chi connectivity index (χ1n) is 3.81. The Morgan fingerprint density at radius 1 is 1.25 bits per heavy atom. The second-order valence-electron chi connectivity index (χ2n) is 3.33. The molecule has 1 atom stereocenters. The molecule has 0 radical (unpaired) electrons. The van der Waals surface area contributed by atoms with Crippen LogP contribution in [0.2, 0.25) is 0 Å². The van der Waals surface area contributed by atoms with Crippen LogP contribution in [0.5, 0.6) is 0 Å². The summed E-state index contributed by atoms with van der Waals surface area (Å²) in [5.74, 6) is 0. The van der Waals surface area contributed by atoms with Gasteiger partial charge in [0.2, 0.25) is 0 Å². The SMILES string of the molecule is CC1([P+](=O)O)CCCCC1.[AlH3].[Zn]. The first kappa shape index (κ1) is 15.7. The largest absolute Gasteiger partial charge is 0.511 e. The molecule has 0 saturated heterocycles. The van der Waals surface area contributed by atoms with Gasteiger partial charge in [0.05, 0.1) is 0 Å². The van der Waals surface area contributed by atoms with Crippen molar-refractivity contribution in [3.05, 3.63) is 0 Å². The molecule has 66 valence electrons. The van der Waals surface area contributed by atoms with E-state index in [1.165, 1.54) is 6.42 Å². The van der Waals surface area contributed by atoms with Gasteiger partial charge >= 0.3 is 8.03 Å². The molecule has 1 saturated carbocycles. The fourth-order valence-corrected chi connectivity index (χ4v) is 2.20. The Morgan fingerprint density at radius 2 is 1.67 bits per heavy atom. The molecule has 0 bridgehead atoms. The Kier molecular flexibility index (Phi) is 8.67. The van der Waals surface area contributed by atoms with Crippen LogP contribution >= 0.6 is 8.03 Å². The molecule has 1 unspecified atom stereocenters. The van der Waals surface area contributed by atoms with Crippen molar-refractivity contribution in [1.82, 2.24) is 0 Å². The van der Waals surface area contributed by atoms with Gasteiger partial charge in [-0.05, 0) is 37.2 Å². The van der Waals surface area contributed by atoms with Gasteiger partial charge in [0.25, 0.3) is 0 Å². The zero-order chi connectivity index (χ0) is 7.61. The first-order valence-corrected chi connectivity index (χ1v) is 5.03. The summed E-state index contributed by atoms with van der Waals surface area (Å²) in [7, 11) is -1.95. The third-order valence-electron chi connectivity index (χ3n) is 2.39. The van der Waals surface area contributed by atoms with Gasteiger partial charge in [-0.15, -0.1) is 0 Å². The van der Waals surface area contributed by atoms with E-state index in [0.717, 1.165) is 25.7 Å². The standard InChI is InChI=1S/C7H13O2P.Al.Zn.3H/c1-7(10(8)9)5-3-2-4-6-7;;;;;/h2-6H2,1H3;;;;;/p+1. The van der Waals surface area contributed by atoms with Crippen molar-refractivity contribution in [2.45, 2.75) is 44.2 Å². The molecule has 0 heterocycles. The molecule has 0 aliphatic heterocycles. The van der Waals surface area contributed by atoms with E-state index in [1.54, 1.807) is 0 Å². The van der Waals surface area contributed by atoms with Crippen molar-refractivity contribution in [1.29, 1.82) is 0 Å². The smallest absolute Gasteiger partial charge is 0.160 e. The Labute approximate surface area is 98.3 Å². The molecule has 1 N–H and O–H groups in total. The van der Waals surface area contributed by atoms with E-state index >= 15 is 0 Å². The Hall–Kier alpha value is 1.22. The van der Waals surface area contributed by atoms with Crippen molar-refractivity contribution >= 4 is 25.4 Å². The molecule has 0 aromatic carbocycles. The molecule has 0 aromatic heterocycles.